The summed E-state index contributed by atoms with van der Waals surface area (Å²) in [5.41, 5.74) is 1.12. The van der Waals surface area contributed by atoms with Crippen LogP contribution in [0.1, 0.15) is 0 Å². The zero-order valence-corrected chi connectivity index (χ0v) is 9.96. The van der Waals surface area contributed by atoms with E-state index in [-0.39, 0.29) is 0 Å². The molecule has 0 heterocycles. The lowest BCUT2D eigenvalue weighted by Crippen LogP contribution is -1.89. The summed E-state index contributed by atoms with van der Waals surface area (Å²) in [6, 6.07) is 16.2. The third-order valence-corrected chi connectivity index (χ3v) is 2.70. The first-order valence-electron chi connectivity index (χ1n) is 4.76. The van der Waals surface area contributed by atoms with E-state index in [0.29, 0.717) is 16.2 Å². The molecule has 0 atom stereocenters. The number of nitrogens with zero attached hydrogens (tertiary/aromatic N) is 2. The fraction of sp³-hybridized carbons (Fsp3) is 0. The van der Waals surface area contributed by atoms with Crippen LogP contribution >= 0.6 is 15.9 Å². The molecule has 80 valence electrons. The van der Waals surface area contributed by atoms with Gasteiger partial charge in [-0.05, 0) is 28.1 Å². The summed E-state index contributed by atoms with van der Waals surface area (Å²) in [4.78, 5) is 0.611. The molecule has 0 bridgehead atoms. The van der Waals surface area contributed by atoms with Gasteiger partial charge in [0.25, 0.3) is 0 Å². The van der Waals surface area contributed by atoms with Crippen LogP contribution in [-0.2, 0) is 0 Å². The van der Waals surface area contributed by atoms with Gasteiger partial charge in [0.1, 0.15) is 5.69 Å². The van der Waals surface area contributed by atoms with Gasteiger partial charge in [-0.1, -0.05) is 35.2 Å². The van der Waals surface area contributed by atoms with Crippen LogP contribution in [0.3, 0.4) is 0 Å². The smallest absolute Gasteiger partial charge is 0.244 e. The highest BCUT2D eigenvalue weighted by Gasteiger charge is 2.04. The van der Waals surface area contributed by atoms with Crippen molar-refractivity contribution in [1.82, 2.24) is 0 Å². The molecule has 0 aromatic heterocycles. The monoisotopic (exact) mass is 276 g/mol. The Labute approximate surface area is 102 Å². The molecule has 0 aliphatic rings. The fourth-order valence-electron chi connectivity index (χ4n) is 1.24. The standard InChI is InChI=1S/C12H9BrN2O/c13-11-8-4-5-9-12(11)14-15(16)10-6-2-1-3-7-10/h1-9H. The van der Waals surface area contributed by atoms with Crippen LogP contribution in [0.4, 0.5) is 11.4 Å². The Bertz CT molecular complexity index is 511. The van der Waals surface area contributed by atoms with Gasteiger partial charge in [0, 0.05) is 21.7 Å². The highest BCUT2D eigenvalue weighted by atomic mass is 79.9. The lowest BCUT2D eigenvalue weighted by Gasteiger charge is -2.00. The first kappa shape index (κ1) is 10.8. The number of benzene rings is 2. The summed E-state index contributed by atoms with van der Waals surface area (Å²) in [6.07, 6.45) is 0. The average molecular weight is 277 g/mol. The Balaban J connectivity index is 2.36. The van der Waals surface area contributed by atoms with Crippen molar-refractivity contribution in [2.24, 2.45) is 5.11 Å². The van der Waals surface area contributed by atoms with Crippen LogP contribution in [0, 0.1) is 5.21 Å². The third-order valence-electron chi connectivity index (χ3n) is 2.03. The van der Waals surface area contributed by atoms with Gasteiger partial charge in [-0.2, -0.15) is 0 Å². The van der Waals surface area contributed by atoms with Crippen molar-refractivity contribution in [1.29, 1.82) is 0 Å². The normalized spacial score (nSPS) is 11.4. The predicted molar refractivity (Wildman–Crippen MR) is 66.0 cm³/mol. The van der Waals surface area contributed by atoms with Gasteiger partial charge in [-0.15, -0.1) is 0 Å². The SMILES string of the molecule is [O-][N+](=Nc1ccccc1Br)c1ccccc1. The van der Waals surface area contributed by atoms with Crippen molar-refractivity contribution in [3.8, 4) is 0 Å². The predicted octanol–water partition coefficient (Wildman–Crippen LogP) is 4.37. The van der Waals surface area contributed by atoms with Crippen LogP contribution in [0.5, 0.6) is 0 Å². The number of hydrogen-bond donors (Lipinski definition) is 0. The second kappa shape index (κ2) is 4.90. The second-order valence-electron chi connectivity index (χ2n) is 3.16. The Morgan fingerprint density at radius 3 is 2.25 bits per heavy atom. The van der Waals surface area contributed by atoms with E-state index in [0.717, 1.165) is 4.47 Å². The maximum atomic E-state index is 11.7. The van der Waals surface area contributed by atoms with Crippen molar-refractivity contribution in [2.45, 2.75) is 0 Å². The largest absolute Gasteiger partial charge is 0.594 e. The van der Waals surface area contributed by atoms with Crippen LogP contribution < -0.4 is 0 Å². The molecule has 16 heavy (non-hydrogen) atoms. The topological polar surface area (TPSA) is 38.4 Å². The molecule has 0 aliphatic carbocycles. The van der Waals surface area contributed by atoms with Gasteiger partial charge in [-0.25, -0.2) is 0 Å². The van der Waals surface area contributed by atoms with Crippen LogP contribution in [0.15, 0.2) is 64.2 Å². The van der Waals surface area contributed by atoms with Crippen LogP contribution in [0.2, 0.25) is 0 Å². The van der Waals surface area contributed by atoms with Crippen molar-refractivity contribution in [2.75, 3.05) is 0 Å². The molecule has 2 aromatic rings. The molecule has 0 fully saturated rings. The summed E-state index contributed by atoms with van der Waals surface area (Å²) >= 11 is 3.34. The molecule has 0 saturated carbocycles. The van der Waals surface area contributed by atoms with Crippen LogP contribution in [0.25, 0.3) is 0 Å². The molecule has 2 rings (SSSR count). The van der Waals surface area contributed by atoms with Gasteiger partial charge >= 0.3 is 0 Å². The molecular formula is C12H9BrN2O. The number of rotatable bonds is 2. The minimum absolute atomic E-state index is 0.512. The van der Waals surface area contributed by atoms with E-state index in [4.69, 9.17) is 0 Å². The Hall–Kier alpha value is -1.68. The van der Waals surface area contributed by atoms with Crippen molar-refractivity contribution >= 4 is 27.3 Å². The third kappa shape index (κ3) is 2.46. The molecule has 4 heteroatoms. The first-order chi connectivity index (χ1) is 7.77. The fourth-order valence-corrected chi connectivity index (χ4v) is 1.61. The molecule has 0 saturated heterocycles. The van der Waals surface area contributed by atoms with Gasteiger partial charge in [0.05, 0.1) is 0 Å². The summed E-state index contributed by atoms with van der Waals surface area (Å²) in [7, 11) is 0. The Morgan fingerprint density at radius 2 is 1.56 bits per heavy atom. The van der Waals surface area contributed by atoms with Gasteiger partial charge in [-0.3, -0.25) is 0 Å². The van der Waals surface area contributed by atoms with Crippen molar-refractivity contribution in [3.63, 3.8) is 0 Å². The van der Waals surface area contributed by atoms with Gasteiger partial charge in [0.15, 0.2) is 0 Å². The number of halogens is 1. The Kier molecular flexibility index (Phi) is 3.31. The quantitative estimate of drug-likeness (QED) is 0.456. The lowest BCUT2D eigenvalue weighted by atomic mass is 10.3. The number of hydrogen-bond acceptors (Lipinski definition) is 2. The van der Waals surface area contributed by atoms with E-state index in [2.05, 4.69) is 21.0 Å². The van der Waals surface area contributed by atoms with E-state index in [1.807, 2.05) is 24.3 Å². The van der Waals surface area contributed by atoms with E-state index >= 15 is 0 Å². The zero-order chi connectivity index (χ0) is 11.4. The average Bonchev–Trinajstić information content (AvgIpc) is 2.33. The highest BCUT2D eigenvalue weighted by molar-refractivity contribution is 9.10. The summed E-state index contributed by atoms with van der Waals surface area (Å²) in [5, 5.41) is 15.7. The molecule has 0 unspecified atom stereocenters. The van der Waals surface area contributed by atoms with E-state index in [1.54, 1.807) is 30.3 Å². The maximum absolute atomic E-state index is 11.7. The summed E-state index contributed by atoms with van der Waals surface area (Å²) in [6.45, 7) is 0. The molecule has 2 aromatic carbocycles. The molecular weight excluding hydrogens is 268 g/mol. The van der Waals surface area contributed by atoms with E-state index in [1.165, 1.54) is 0 Å². The van der Waals surface area contributed by atoms with E-state index in [9.17, 15) is 5.21 Å². The molecule has 0 aliphatic heterocycles. The molecule has 0 amide bonds. The van der Waals surface area contributed by atoms with Crippen molar-refractivity contribution in [3.05, 3.63) is 64.3 Å². The van der Waals surface area contributed by atoms with Gasteiger partial charge < -0.3 is 5.21 Å². The molecule has 0 radical (unpaired) electrons. The van der Waals surface area contributed by atoms with Crippen molar-refractivity contribution < 1.29 is 4.86 Å². The number of azo groups is 1. The molecule has 0 spiro atoms. The minimum Gasteiger partial charge on any atom is -0.594 e. The van der Waals surface area contributed by atoms with E-state index < -0.39 is 0 Å². The molecule has 0 N–H and O–H groups in total. The maximum Gasteiger partial charge on any atom is 0.244 e. The minimum atomic E-state index is 0.512. The Morgan fingerprint density at radius 1 is 0.938 bits per heavy atom. The lowest BCUT2D eigenvalue weighted by molar-refractivity contribution is -0.435. The molecule has 3 nitrogen and oxygen atoms in total. The van der Waals surface area contributed by atoms with Gasteiger partial charge in [0.2, 0.25) is 5.69 Å². The zero-order valence-electron chi connectivity index (χ0n) is 8.38. The summed E-state index contributed by atoms with van der Waals surface area (Å²) in [5.74, 6) is 0. The summed E-state index contributed by atoms with van der Waals surface area (Å²) < 4.78 is 0.798. The highest BCUT2D eigenvalue weighted by Crippen LogP contribution is 2.25. The van der Waals surface area contributed by atoms with Crippen LogP contribution in [-0.4, -0.2) is 4.86 Å². The second-order valence-corrected chi connectivity index (χ2v) is 4.01. The number of para-hydroxylation sites is 1. The first-order valence-corrected chi connectivity index (χ1v) is 5.55.